The van der Waals surface area contributed by atoms with E-state index in [0.29, 0.717) is 38.5 Å². The van der Waals surface area contributed by atoms with Gasteiger partial charge in [0.1, 0.15) is 84.1 Å². The number of hydrogen-bond donors (Lipinski definition) is 7. The van der Waals surface area contributed by atoms with Crippen molar-refractivity contribution in [3.8, 4) is 0 Å². The molecule has 30 atom stereocenters. The van der Waals surface area contributed by atoms with Crippen molar-refractivity contribution in [3.63, 3.8) is 0 Å². The van der Waals surface area contributed by atoms with E-state index < -0.39 is 188 Å². The first kappa shape index (κ1) is 67.9. The van der Waals surface area contributed by atoms with E-state index in [2.05, 4.69) is 13.0 Å². The Morgan fingerprint density at radius 2 is 1.17 bits per heavy atom. The molecule has 0 spiro atoms. The maximum absolute atomic E-state index is 13.6. The molecule has 0 aromatic heterocycles. The van der Waals surface area contributed by atoms with Gasteiger partial charge in [-0.15, -0.1) is 0 Å². The molecule has 24 heteroatoms. The average molecular weight is 1250 g/mol. The molecule has 8 fully saturated rings. The lowest BCUT2D eigenvalue weighted by atomic mass is 9.43. The first-order valence-electron chi connectivity index (χ1n) is 31.4. The zero-order valence-electron chi connectivity index (χ0n) is 52.5. The summed E-state index contributed by atoms with van der Waals surface area (Å²) in [5.74, 6) is -1.77. The minimum atomic E-state index is -1.71. The number of rotatable bonds is 19. The van der Waals surface area contributed by atoms with Crippen molar-refractivity contribution >= 4 is 17.8 Å². The van der Waals surface area contributed by atoms with Gasteiger partial charge in [-0.3, -0.25) is 4.79 Å². The second-order valence-corrected chi connectivity index (χ2v) is 26.4. The molecule has 10 rings (SSSR count). The van der Waals surface area contributed by atoms with Crippen LogP contribution in [0.3, 0.4) is 0 Å². The minimum absolute atomic E-state index is 0.103. The van der Waals surface area contributed by atoms with Crippen molar-refractivity contribution < 1.29 is 116 Å². The largest absolute Gasteiger partial charge is 0.458 e. The summed E-state index contributed by atoms with van der Waals surface area (Å²) in [5, 5.41) is 78.5. The number of ketones is 1. The Morgan fingerprint density at radius 3 is 1.73 bits per heavy atom. The number of benzene rings is 1. The van der Waals surface area contributed by atoms with Crippen LogP contribution in [0, 0.1) is 22.7 Å². The topological polar surface area (TPSA) is 314 Å². The average Bonchev–Trinajstić information content (AvgIpc) is 1.30. The molecule has 88 heavy (non-hydrogen) atoms. The number of esters is 1. The van der Waals surface area contributed by atoms with E-state index in [1.807, 2.05) is 51.1 Å². The van der Waals surface area contributed by atoms with Gasteiger partial charge in [0.2, 0.25) is 0 Å². The highest BCUT2D eigenvalue weighted by Gasteiger charge is 2.77. The molecule has 0 radical (unpaired) electrons. The number of Topliss-reactive ketones (excluding diaryl/α,β-unsaturated/α-hetero) is 1. The fourth-order valence-corrected chi connectivity index (χ4v) is 16.6. The standard InChI is InChI=1S/C64H96O24/c1-31(66)39-21-24-64(73)62(39,7)45(84-46(67)18-17-36-15-13-12-14-16-36)29-44-61(6)22-20-38(25-37(61)19-23-63(44,64)72)82-47-26-40(74-8)54(32(2)78-47)85-48-27-41(75-9)55(33(3)79-48)86-49-28-42(76-10)56(34(4)80-49)87-60-53(71)58(77-11)57(35(5)81-60)88-59-52(70)51(69)50(68)43(30-65)83-59/h12-19,32-35,38-45,47-60,65,68-73H,20-30H2,1-11H3. The third-order valence-electron chi connectivity index (χ3n) is 21.6. The Labute approximate surface area is 515 Å². The van der Waals surface area contributed by atoms with Crippen LogP contribution in [0.5, 0.6) is 0 Å². The molecule has 0 amide bonds. The molecule has 9 aliphatic rings. The van der Waals surface area contributed by atoms with E-state index in [1.165, 1.54) is 27.2 Å². The van der Waals surface area contributed by atoms with Crippen LogP contribution in [0.1, 0.15) is 118 Å². The van der Waals surface area contributed by atoms with Crippen LogP contribution in [-0.2, 0) is 80.6 Å². The fraction of sp³-hybridized carbons (Fsp3) is 0.812. The number of aliphatic hydroxyl groups excluding tert-OH is 5. The van der Waals surface area contributed by atoms with Gasteiger partial charge in [0.15, 0.2) is 31.5 Å². The SMILES string of the molecule is COC1CC(OC2CCC3(C)C(=CCC4(O)C3CC(OC(=O)C=Cc3ccccc3)C3(C)C(C(C)=O)CCC43O)C2)OC(C)C1OC1CC(OC)C(OC2CC(OC)C(OC3OC(C)C(OC4OC(CO)C(O)C(O)C4O)C(OC)C3O)C(C)O2)C(C)O1. The van der Waals surface area contributed by atoms with E-state index in [4.69, 9.17) is 71.1 Å². The Balaban J connectivity index is 0.723. The highest BCUT2D eigenvalue weighted by molar-refractivity contribution is 5.87. The Morgan fingerprint density at radius 1 is 0.625 bits per heavy atom. The van der Waals surface area contributed by atoms with Crippen molar-refractivity contribution in [1.82, 2.24) is 0 Å². The molecular formula is C64H96O24. The Hall–Kier alpha value is -3.00. The van der Waals surface area contributed by atoms with Crippen LogP contribution < -0.4 is 0 Å². The zero-order valence-corrected chi connectivity index (χ0v) is 52.5. The maximum Gasteiger partial charge on any atom is 0.331 e. The Bertz CT molecular complexity index is 2580. The number of methoxy groups -OCH3 is 4. The van der Waals surface area contributed by atoms with E-state index in [0.717, 1.165) is 11.1 Å². The molecular weight excluding hydrogens is 1150 g/mol. The predicted octanol–water partition coefficient (Wildman–Crippen LogP) is 2.92. The fourth-order valence-electron chi connectivity index (χ4n) is 16.6. The van der Waals surface area contributed by atoms with E-state index >= 15 is 0 Å². The monoisotopic (exact) mass is 1250 g/mol. The van der Waals surface area contributed by atoms with Crippen molar-refractivity contribution in [2.45, 2.75) is 271 Å². The highest BCUT2D eigenvalue weighted by atomic mass is 16.8. The van der Waals surface area contributed by atoms with Crippen LogP contribution >= 0.6 is 0 Å². The molecule has 5 aliphatic heterocycles. The summed E-state index contributed by atoms with van der Waals surface area (Å²) in [6.45, 7) is 12.1. The molecule has 1 aromatic rings. The van der Waals surface area contributed by atoms with Crippen molar-refractivity contribution in [1.29, 1.82) is 0 Å². The summed E-state index contributed by atoms with van der Waals surface area (Å²) < 4.78 is 93.8. The summed E-state index contributed by atoms with van der Waals surface area (Å²) in [5.41, 5.74) is -3.15. The lowest BCUT2D eigenvalue weighted by Crippen LogP contribution is -2.75. The molecule has 5 heterocycles. The smallest absolute Gasteiger partial charge is 0.331 e. The maximum atomic E-state index is 13.6. The van der Waals surface area contributed by atoms with Crippen molar-refractivity contribution in [3.05, 3.63) is 53.6 Å². The van der Waals surface area contributed by atoms with Gasteiger partial charge in [-0.1, -0.05) is 55.8 Å². The van der Waals surface area contributed by atoms with Gasteiger partial charge in [0.25, 0.3) is 0 Å². The van der Waals surface area contributed by atoms with E-state index in [1.54, 1.807) is 34.1 Å². The summed E-state index contributed by atoms with van der Waals surface area (Å²) in [7, 11) is 6.13. The molecule has 496 valence electrons. The summed E-state index contributed by atoms with van der Waals surface area (Å²) in [6, 6.07) is 9.42. The van der Waals surface area contributed by atoms with Crippen LogP contribution in [0.25, 0.3) is 6.08 Å². The van der Waals surface area contributed by atoms with Crippen LogP contribution in [0.4, 0.5) is 0 Å². The first-order chi connectivity index (χ1) is 41.9. The molecule has 30 unspecified atom stereocenters. The van der Waals surface area contributed by atoms with Gasteiger partial charge in [-0.05, 0) is 96.6 Å². The number of aliphatic hydroxyl groups is 7. The van der Waals surface area contributed by atoms with E-state index in [-0.39, 0.29) is 37.6 Å². The number of carbonyl (C=O) groups is 2. The predicted molar refractivity (Wildman–Crippen MR) is 308 cm³/mol. The quantitative estimate of drug-likeness (QED) is 0.0595. The number of carbonyl (C=O) groups excluding carboxylic acids is 2. The number of fused-ring (bicyclic) bond motifs is 5. The van der Waals surface area contributed by atoms with Crippen LogP contribution in [0.15, 0.2) is 48.1 Å². The Kier molecular flexibility index (Phi) is 21.2. The van der Waals surface area contributed by atoms with E-state index in [9.17, 15) is 45.3 Å². The van der Waals surface area contributed by atoms with Gasteiger partial charge in [-0.25, -0.2) is 4.79 Å². The second kappa shape index (κ2) is 27.5. The highest BCUT2D eigenvalue weighted by Crippen LogP contribution is 2.70. The van der Waals surface area contributed by atoms with Crippen molar-refractivity contribution in [2.75, 3.05) is 35.0 Å². The zero-order chi connectivity index (χ0) is 63.4. The summed E-state index contributed by atoms with van der Waals surface area (Å²) in [6.07, 6.45) is -12.6. The summed E-state index contributed by atoms with van der Waals surface area (Å²) >= 11 is 0. The molecule has 1 aromatic carbocycles. The van der Waals surface area contributed by atoms with Gasteiger partial charge in [0.05, 0.1) is 55.4 Å². The molecule has 4 aliphatic carbocycles. The molecule has 24 nitrogen and oxygen atoms in total. The van der Waals surface area contributed by atoms with Crippen LogP contribution in [0.2, 0.25) is 0 Å². The van der Waals surface area contributed by atoms with Gasteiger partial charge >= 0.3 is 5.97 Å². The molecule has 5 saturated heterocycles. The first-order valence-corrected chi connectivity index (χ1v) is 31.4. The third kappa shape index (κ3) is 12.7. The van der Waals surface area contributed by atoms with Gasteiger partial charge < -0.3 is 107 Å². The van der Waals surface area contributed by atoms with Gasteiger partial charge in [-0.2, -0.15) is 0 Å². The lowest BCUT2D eigenvalue weighted by Gasteiger charge is -2.66. The minimum Gasteiger partial charge on any atom is -0.458 e. The van der Waals surface area contributed by atoms with Crippen LogP contribution in [-0.4, -0.2) is 241 Å². The number of hydrogen-bond acceptors (Lipinski definition) is 24. The summed E-state index contributed by atoms with van der Waals surface area (Å²) in [4.78, 5) is 27.0. The molecule has 7 N–H and O–H groups in total. The van der Waals surface area contributed by atoms with Gasteiger partial charge in [0, 0.05) is 71.0 Å². The van der Waals surface area contributed by atoms with Crippen molar-refractivity contribution in [2.24, 2.45) is 22.7 Å². The molecule has 3 saturated carbocycles. The number of ether oxygens (including phenoxy) is 15. The molecule has 0 bridgehead atoms. The third-order valence-corrected chi connectivity index (χ3v) is 21.6. The lowest BCUT2D eigenvalue weighted by molar-refractivity contribution is -0.374. The normalized spacial score (nSPS) is 48.9. The second-order valence-electron chi connectivity index (χ2n) is 26.4.